The van der Waals surface area contributed by atoms with Gasteiger partial charge < -0.3 is 14.9 Å². The van der Waals surface area contributed by atoms with Gasteiger partial charge in [0.05, 0.1) is 11.2 Å². The Morgan fingerprint density at radius 2 is 1.96 bits per heavy atom. The predicted molar refractivity (Wildman–Crippen MR) is 87.5 cm³/mol. The molecule has 6 nitrogen and oxygen atoms in total. The van der Waals surface area contributed by atoms with Gasteiger partial charge in [0, 0.05) is 5.02 Å². The lowest BCUT2D eigenvalue weighted by Crippen LogP contribution is -2.24. The normalized spacial score (nSPS) is 10.7. The minimum absolute atomic E-state index is 0.237. The zero-order chi connectivity index (χ0) is 16.8. The van der Waals surface area contributed by atoms with Crippen molar-refractivity contribution >= 4 is 35.3 Å². The van der Waals surface area contributed by atoms with Crippen molar-refractivity contribution in [3.63, 3.8) is 0 Å². The summed E-state index contributed by atoms with van der Waals surface area (Å²) in [6.07, 6.45) is 1.31. The van der Waals surface area contributed by atoms with E-state index >= 15 is 0 Å². The second-order valence-electron chi connectivity index (χ2n) is 4.40. The Balaban J connectivity index is 1.85. The van der Waals surface area contributed by atoms with E-state index in [4.69, 9.17) is 27.9 Å². The highest BCUT2D eigenvalue weighted by Crippen LogP contribution is 2.27. The quantitative estimate of drug-likeness (QED) is 0.437. The Kier molecular flexibility index (Phi) is 5.67. The summed E-state index contributed by atoms with van der Waals surface area (Å²) in [5.41, 5.74) is 2.76. The minimum atomic E-state index is -0.490. The van der Waals surface area contributed by atoms with Gasteiger partial charge in [-0.2, -0.15) is 5.10 Å². The van der Waals surface area contributed by atoms with Gasteiger partial charge in [-0.3, -0.25) is 4.79 Å². The van der Waals surface area contributed by atoms with Gasteiger partial charge in [-0.15, -0.1) is 0 Å². The lowest BCUT2D eigenvalue weighted by molar-refractivity contribution is -0.123. The number of hydrazone groups is 1. The number of phenolic OH excluding ortho intramolecular Hbond substituents is 2. The molecule has 2 aromatic carbocycles. The SMILES string of the molecule is O=C(COc1ccc(Cl)cc1Cl)N/N=C/c1ccc(O)c(O)c1. The number of nitrogens with one attached hydrogen (secondary N) is 1. The Hall–Kier alpha value is -2.44. The number of carbonyl (C=O) groups is 1. The third kappa shape index (κ3) is 5.05. The summed E-state index contributed by atoms with van der Waals surface area (Å²) >= 11 is 11.7. The van der Waals surface area contributed by atoms with Gasteiger partial charge in [0.1, 0.15) is 5.75 Å². The first-order valence-corrected chi connectivity index (χ1v) is 7.13. The van der Waals surface area contributed by atoms with Crippen LogP contribution >= 0.6 is 23.2 Å². The molecule has 1 amide bonds. The summed E-state index contributed by atoms with van der Waals surface area (Å²) in [6.45, 7) is -0.278. The Labute approximate surface area is 141 Å². The molecule has 23 heavy (non-hydrogen) atoms. The van der Waals surface area contributed by atoms with Crippen molar-refractivity contribution in [3.05, 3.63) is 52.0 Å². The standard InChI is InChI=1S/C15H12Cl2N2O4/c16-10-2-4-14(11(17)6-10)23-8-15(22)19-18-7-9-1-3-12(20)13(21)5-9/h1-7,20-21H,8H2,(H,19,22)/b18-7+. The molecule has 0 fully saturated rings. The van der Waals surface area contributed by atoms with Crippen molar-refractivity contribution in [2.24, 2.45) is 5.10 Å². The number of rotatable bonds is 5. The van der Waals surface area contributed by atoms with Crippen LogP contribution in [0.15, 0.2) is 41.5 Å². The molecule has 0 aliphatic rings. The van der Waals surface area contributed by atoms with Crippen LogP contribution in [-0.4, -0.2) is 28.9 Å². The van der Waals surface area contributed by atoms with Crippen LogP contribution < -0.4 is 10.2 Å². The molecular weight excluding hydrogens is 343 g/mol. The second-order valence-corrected chi connectivity index (χ2v) is 5.25. The molecule has 0 unspecified atom stereocenters. The van der Waals surface area contributed by atoms with E-state index in [0.29, 0.717) is 21.4 Å². The van der Waals surface area contributed by atoms with Crippen molar-refractivity contribution in [2.75, 3.05) is 6.61 Å². The third-order valence-electron chi connectivity index (χ3n) is 2.66. The fraction of sp³-hybridized carbons (Fsp3) is 0.0667. The van der Waals surface area contributed by atoms with Crippen LogP contribution in [0.5, 0.6) is 17.2 Å². The van der Waals surface area contributed by atoms with E-state index in [1.807, 2.05) is 0 Å². The van der Waals surface area contributed by atoms with Gasteiger partial charge in [-0.05, 0) is 42.0 Å². The van der Waals surface area contributed by atoms with E-state index in [1.54, 1.807) is 12.1 Å². The summed E-state index contributed by atoms with van der Waals surface area (Å²) in [7, 11) is 0. The molecule has 8 heteroatoms. The summed E-state index contributed by atoms with van der Waals surface area (Å²) in [6, 6.07) is 8.79. The fourth-order valence-corrected chi connectivity index (χ4v) is 2.03. The van der Waals surface area contributed by atoms with Crippen molar-refractivity contribution in [2.45, 2.75) is 0 Å². The first-order chi connectivity index (χ1) is 11.0. The van der Waals surface area contributed by atoms with Gasteiger partial charge in [-0.25, -0.2) is 5.43 Å². The lowest BCUT2D eigenvalue weighted by Gasteiger charge is -2.07. The van der Waals surface area contributed by atoms with Gasteiger partial charge >= 0.3 is 0 Å². The van der Waals surface area contributed by atoms with E-state index in [2.05, 4.69) is 10.5 Å². The van der Waals surface area contributed by atoms with Gasteiger partial charge in [0.25, 0.3) is 5.91 Å². The fourth-order valence-electron chi connectivity index (χ4n) is 1.57. The van der Waals surface area contributed by atoms with E-state index in [0.717, 1.165) is 0 Å². The third-order valence-corrected chi connectivity index (χ3v) is 3.19. The number of aromatic hydroxyl groups is 2. The zero-order valence-corrected chi connectivity index (χ0v) is 13.2. The molecule has 0 heterocycles. The van der Waals surface area contributed by atoms with Crippen LogP contribution in [0.25, 0.3) is 0 Å². The van der Waals surface area contributed by atoms with E-state index in [9.17, 15) is 15.0 Å². The minimum Gasteiger partial charge on any atom is -0.504 e. The predicted octanol–water partition coefficient (Wildman–Crippen LogP) is 2.93. The number of hydrogen-bond acceptors (Lipinski definition) is 5. The number of halogens is 2. The number of ether oxygens (including phenoxy) is 1. The number of hydrogen-bond donors (Lipinski definition) is 3. The average molecular weight is 355 g/mol. The van der Waals surface area contributed by atoms with Crippen LogP contribution in [0, 0.1) is 0 Å². The summed E-state index contributed by atoms with van der Waals surface area (Å²) < 4.78 is 5.24. The van der Waals surface area contributed by atoms with Gasteiger partial charge in [0.2, 0.25) is 0 Å². The van der Waals surface area contributed by atoms with E-state index in [-0.39, 0.29) is 18.1 Å². The highest BCUT2D eigenvalue weighted by molar-refractivity contribution is 6.35. The van der Waals surface area contributed by atoms with Crippen LogP contribution in [0.1, 0.15) is 5.56 Å². The smallest absolute Gasteiger partial charge is 0.277 e. The Morgan fingerprint density at radius 3 is 2.65 bits per heavy atom. The molecular formula is C15H12Cl2N2O4. The number of phenols is 2. The van der Waals surface area contributed by atoms with Crippen LogP contribution in [0.2, 0.25) is 10.0 Å². The monoisotopic (exact) mass is 354 g/mol. The lowest BCUT2D eigenvalue weighted by atomic mass is 10.2. The maximum Gasteiger partial charge on any atom is 0.277 e. The molecule has 0 saturated carbocycles. The molecule has 0 bridgehead atoms. The Morgan fingerprint density at radius 1 is 1.17 bits per heavy atom. The molecule has 2 rings (SSSR count). The maximum atomic E-state index is 11.6. The first-order valence-electron chi connectivity index (χ1n) is 6.37. The molecule has 0 saturated heterocycles. The van der Waals surface area contributed by atoms with Crippen molar-refractivity contribution in [3.8, 4) is 17.2 Å². The van der Waals surface area contributed by atoms with Gasteiger partial charge in [0.15, 0.2) is 18.1 Å². The molecule has 3 N–H and O–H groups in total. The van der Waals surface area contributed by atoms with Crippen molar-refractivity contribution in [1.82, 2.24) is 5.43 Å². The van der Waals surface area contributed by atoms with Crippen molar-refractivity contribution < 1.29 is 19.7 Å². The Bertz CT molecular complexity index is 750. The van der Waals surface area contributed by atoms with Crippen LogP contribution in [-0.2, 0) is 4.79 Å². The molecule has 0 aromatic heterocycles. The molecule has 0 spiro atoms. The highest BCUT2D eigenvalue weighted by atomic mass is 35.5. The molecule has 0 aliphatic heterocycles. The van der Waals surface area contributed by atoms with Gasteiger partial charge in [-0.1, -0.05) is 23.2 Å². The van der Waals surface area contributed by atoms with E-state index < -0.39 is 5.91 Å². The first kappa shape index (κ1) is 16.9. The molecule has 120 valence electrons. The number of benzene rings is 2. The molecule has 0 aliphatic carbocycles. The molecule has 0 radical (unpaired) electrons. The average Bonchev–Trinajstić information content (AvgIpc) is 2.50. The highest BCUT2D eigenvalue weighted by Gasteiger charge is 2.06. The van der Waals surface area contributed by atoms with E-state index in [1.165, 1.54) is 30.5 Å². The summed E-state index contributed by atoms with van der Waals surface area (Å²) in [5.74, 6) is -0.672. The molecule has 2 aromatic rings. The van der Waals surface area contributed by atoms with Crippen LogP contribution in [0.4, 0.5) is 0 Å². The second kappa shape index (κ2) is 7.71. The number of carbonyl (C=O) groups excluding carboxylic acids is 1. The van der Waals surface area contributed by atoms with Crippen molar-refractivity contribution in [1.29, 1.82) is 0 Å². The zero-order valence-electron chi connectivity index (χ0n) is 11.7. The summed E-state index contributed by atoms with van der Waals surface area (Å²) in [5, 5.41) is 23.0. The summed E-state index contributed by atoms with van der Waals surface area (Å²) in [4.78, 5) is 11.6. The number of nitrogens with zero attached hydrogens (tertiary/aromatic N) is 1. The number of amides is 1. The van der Waals surface area contributed by atoms with Crippen LogP contribution in [0.3, 0.4) is 0 Å². The maximum absolute atomic E-state index is 11.6. The largest absolute Gasteiger partial charge is 0.504 e. The molecule has 0 atom stereocenters. The topological polar surface area (TPSA) is 91.2 Å².